The Labute approximate surface area is 131 Å². The van der Waals surface area contributed by atoms with Crippen LogP contribution >= 0.6 is 11.8 Å². The number of rotatable bonds is 11. The quantitative estimate of drug-likeness (QED) is 0.593. The molecule has 21 heavy (non-hydrogen) atoms. The van der Waals surface area contributed by atoms with E-state index in [1.54, 1.807) is 22.6 Å². The molecule has 0 unspecified atom stereocenters. The van der Waals surface area contributed by atoms with Gasteiger partial charge < -0.3 is 5.32 Å². The van der Waals surface area contributed by atoms with E-state index < -0.39 is 10.0 Å². The van der Waals surface area contributed by atoms with Crippen LogP contribution in [0.15, 0.2) is 17.3 Å². The molecule has 120 valence electrons. The van der Waals surface area contributed by atoms with Gasteiger partial charge in [0.25, 0.3) is 0 Å². The Bertz CT molecular complexity index is 526. The summed E-state index contributed by atoms with van der Waals surface area (Å²) in [6.45, 7) is 2.17. The minimum Gasteiger partial charge on any atom is -0.314 e. The lowest BCUT2D eigenvalue weighted by Crippen LogP contribution is -2.24. The van der Waals surface area contributed by atoms with Gasteiger partial charge in [0.15, 0.2) is 0 Å². The van der Waals surface area contributed by atoms with Crippen molar-refractivity contribution in [3.63, 3.8) is 0 Å². The maximum Gasteiger partial charge on any atom is 0.243 e. The summed E-state index contributed by atoms with van der Waals surface area (Å²) < 4.78 is 28.4. The molecular weight excluding hydrogens is 308 g/mol. The van der Waals surface area contributed by atoms with Crippen LogP contribution in [0.25, 0.3) is 0 Å². The average Bonchev–Trinajstić information content (AvgIpc) is 3.15. The highest BCUT2D eigenvalue weighted by Gasteiger charge is 2.19. The van der Waals surface area contributed by atoms with Crippen LogP contribution in [-0.4, -0.2) is 49.3 Å². The second-order valence-corrected chi connectivity index (χ2v) is 8.02. The Morgan fingerprint density at radius 2 is 2.19 bits per heavy atom. The summed E-state index contributed by atoms with van der Waals surface area (Å²) in [6, 6.07) is 0.712. The lowest BCUT2D eigenvalue weighted by atomic mass is 10.4. The van der Waals surface area contributed by atoms with Crippen molar-refractivity contribution in [3.05, 3.63) is 12.4 Å². The van der Waals surface area contributed by atoms with Gasteiger partial charge in [-0.1, -0.05) is 0 Å². The number of nitrogens with one attached hydrogen (secondary N) is 2. The average molecular weight is 332 g/mol. The van der Waals surface area contributed by atoms with Crippen molar-refractivity contribution in [3.8, 4) is 0 Å². The van der Waals surface area contributed by atoms with Crippen molar-refractivity contribution < 1.29 is 8.42 Å². The standard InChI is InChI=1S/C13H24N4O2S2/c1-20-9-3-7-16-21(18,19)13-10-15-17(11-13)8-2-6-14-12-4-5-12/h10-12,14,16H,2-9H2,1H3. The fourth-order valence-electron chi connectivity index (χ4n) is 1.95. The Hall–Kier alpha value is -0.570. The summed E-state index contributed by atoms with van der Waals surface area (Å²) in [7, 11) is -3.41. The lowest BCUT2D eigenvalue weighted by molar-refractivity contribution is 0.541. The highest BCUT2D eigenvalue weighted by molar-refractivity contribution is 7.98. The third-order valence-corrected chi connectivity index (χ3v) is 5.42. The number of nitrogens with zero attached hydrogens (tertiary/aromatic N) is 2. The summed E-state index contributed by atoms with van der Waals surface area (Å²) in [4.78, 5) is 0.252. The third kappa shape index (κ3) is 5.98. The van der Waals surface area contributed by atoms with Crippen molar-refractivity contribution in [1.82, 2.24) is 19.8 Å². The highest BCUT2D eigenvalue weighted by atomic mass is 32.2. The van der Waals surface area contributed by atoms with Crippen molar-refractivity contribution in [2.45, 2.75) is 43.2 Å². The lowest BCUT2D eigenvalue weighted by Gasteiger charge is -2.04. The first-order valence-electron chi connectivity index (χ1n) is 7.36. The number of sulfonamides is 1. The van der Waals surface area contributed by atoms with Crippen molar-refractivity contribution in [2.24, 2.45) is 0 Å². The predicted octanol–water partition coefficient (Wildman–Crippen LogP) is 1.06. The maximum absolute atomic E-state index is 12.1. The molecule has 0 bridgehead atoms. The van der Waals surface area contributed by atoms with E-state index in [0.717, 1.165) is 31.7 Å². The zero-order valence-corrected chi connectivity index (χ0v) is 14.0. The number of hydrogen-bond acceptors (Lipinski definition) is 5. The Morgan fingerprint density at radius 1 is 1.38 bits per heavy atom. The van der Waals surface area contributed by atoms with Crippen LogP contribution < -0.4 is 10.0 Å². The molecule has 1 aliphatic rings. The molecule has 0 atom stereocenters. The molecule has 2 N–H and O–H groups in total. The molecule has 0 saturated heterocycles. The van der Waals surface area contributed by atoms with Crippen LogP contribution in [0.3, 0.4) is 0 Å². The number of aryl methyl sites for hydroxylation is 1. The van der Waals surface area contributed by atoms with E-state index in [0.29, 0.717) is 12.6 Å². The van der Waals surface area contributed by atoms with Crippen LogP contribution in [0.5, 0.6) is 0 Å². The SMILES string of the molecule is CSCCCNS(=O)(=O)c1cnn(CCCNC2CC2)c1. The van der Waals surface area contributed by atoms with E-state index in [2.05, 4.69) is 15.1 Å². The molecule has 1 heterocycles. The summed E-state index contributed by atoms with van der Waals surface area (Å²) in [5.41, 5.74) is 0. The third-order valence-electron chi connectivity index (χ3n) is 3.31. The van der Waals surface area contributed by atoms with Crippen LogP contribution in [0.2, 0.25) is 0 Å². The van der Waals surface area contributed by atoms with Gasteiger partial charge in [-0.15, -0.1) is 0 Å². The molecule has 0 spiro atoms. The largest absolute Gasteiger partial charge is 0.314 e. The van der Waals surface area contributed by atoms with Gasteiger partial charge >= 0.3 is 0 Å². The number of aromatic nitrogens is 2. The smallest absolute Gasteiger partial charge is 0.243 e. The Morgan fingerprint density at radius 3 is 2.90 bits per heavy atom. The Balaban J connectivity index is 1.74. The van der Waals surface area contributed by atoms with Crippen molar-refractivity contribution in [2.75, 3.05) is 25.1 Å². The maximum atomic E-state index is 12.1. The monoisotopic (exact) mass is 332 g/mol. The van der Waals surface area contributed by atoms with E-state index in [1.807, 2.05) is 6.26 Å². The minimum absolute atomic E-state index is 0.252. The zero-order valence-electron chi connectivity index (χ0n) is 12.4. The van der Waals surface area contributed by atoms with Crippen LogP contribution in [0.1, 0.15) is 25.7 Å². The van der Waals surface area contributed by atoms with Gasteiger partial charge in [0.2, 0.25) is 10.0 Å². The minimum atomic E-state index is -3.41. The molecule has 0 aliphatic heterocycles. The summed E-state index contributed by atoms with van der Waals surface area (Å²) >= 11 is 1.71. The van der Waals surface area contributed by atoms with E-state index in [4.69, 9.17) is 0 Å². The molecular formula is C13H24N4O2S2. The zero-order chi connectivity index (χ0) is 15.1. The molecule has 1 aromatic heterocycles. The highest BCUT2D eigenvalue weighted by Crippen LogP contribution is 2.18. The van der Waals surface area contributed by atoms with Gasteiger partial charge in [0, 0.05) is 25.3 Å². The molecule has 1 saturated carbocycles. The summed E-state index contributed by atoms with van der Waals surface area (Å²) in [6.07, 6.45) is 9.40. The number of thioether (sulfide) groups is 1. The normalized spacial score (nSPS) is 15.5. The summed E-state index contributed by atoms with van der Waals surface area (Å²) in [5, 5.41) is 7.55. The molecule has 0 aromatic carbocycles. The topological polar surface area (TPSA) is 76.0 Å². The molecule has 1 aliphatic carbocycles. The van der Waals surface area contributed by atoms with Gasteiger partial charge in [0.05, 0.1) is 6.20 Å². The molecule has 6 nitrogen and oxygen atoms in total. The van der Waals surface area contributed by atoms with E-state index in [9.17, 15) is 8.42 Å². The van der Waals surface area contributed by atoms with Gasteiger partial charge in [-0.25, -0.2) is 13.1 Å². The molecule has 2 rings (SSSR count). The van der Waals surface area contributed by atoms with E-state index in [1.165, 1.54) is 19.0 Å². The first-order chi connectivity index (χ1) is 10.1. The second kappa shape index (κ2) is 8.17. The second-order valence-electron chi connectivity index (χ2n) is 5.27. The van der Waals surface area contributed by atoms with Gasteiger partial charge in [-0.2, -0.15) is 16.9 Å². The first-order valence-corrected chi connectivity index (χ1v) is 10.2. The molecule has 0 amide bonds. The van der Waals surface area contributed by atoms with E-state index in [-0.39, 0.29) is 4.90 Å². The van der Waals surface area contributed by atoms with Crippen molar-refractivity contribution >= 4 is 21.8 Å². The first kappa shape index (κ1) is 16.8. The van der Waals surface area contributed by atoms with Crippen molar-refractivity contribution in [1.29, 1.82) is 0 Å². The fourth-order valence-corrected chi connectivity index (χ4v) is 3.41. The predicted molar refractivity (Wildman–Crippen MR) is 86.1 cm³/mol. The van der Waals surface area contributed by atoms with Gasteiger partial charge in [-0.05, 0) is 44.2 Å². The fraction of sp³-hybridized carbons (Fsp3) is 0.769. The van der Waals surface area contributed by atoms with E-state index >= 15 is 0 Å². The van der Waals surface area contributed by atoms with Gasteiger partial charge in [0.1, 0.15) is 4.90 Å². The molecule has 0 radical (unpaired) electrons. The summed E-state index contributed by atoms with van der Waals surface area (Å²) in [5.74, 6) is 0.954. The van der Waals surface area contributed by atoms with Crippen LogP contribution in [0.4, 0.5) is 0 Å². The molecule has 1 aromatic rings. The molecule has 1 fully saturated rings. The number of hydrogen-bond donors (Lipinski definition) is 2. The van der Waals surface area contributed by atoms with Crippen LogP contribution in [-0.2, 0) is 16.6 Å². The Kier molecular flexibility index (Phi) is 6.53. The molecule has 8 heteroatoms. The van der Waals surface area contributed by atoms with Crippen LogP contribution in [0, 0.1) is 0 Å². The van der Waals surface area contributed by atoms with Gasteiger partial charge in [-0.3, -0.25) is 4.68 Å².